The van der Waals surface area contributed by atoms with Gasteiger partial charge in [0.25, 0.3) is 5.91 Å². The first kappa shape index (κ1) is 22.4. The van der Waals surface area contributed by atoms with E-state index in [-0.39, 0.29) is 37.6 Å². The molecule has 2 rings (SSSR count). The van der Waals surface area contributed by atoms with Crippen molar-refractivity contribution in [2.45, 2.75) is 45.8 Å². The minimum absolute atomic E-state index is 0.0146. The zero-order valence-electron chi connectivity index (χ0n) is 17.1. The summed E-state index contributed by atoms with van der Waals surface area (Å²) in [7, 11) is 0. The van der Waals surface area contributed by atoms with Crippen LogP contribution in [0.1, 0.15) is 34.1 Å². The average Bonchev–Trinajstić information content (AvgIpc) is 3.13. The molecule has 160 valence electrons. The summed E-state index contributed by atoms with van der Waals surface area (Å²) in [6.45, 7) is 10.6. The molecule has 0 radical (unpaired) electrons. The molecule has 29 heavy (non-hydrogen) atoms. The summed E-state index contributed by atoms with van der Waals surface area (Å²) < 4.78 is 15.3. The fourth-order valence-corrected chi connectivity index (χ4v) is 2.84. The Kier molecular flexibility index (Phi) is 7.02. The Balaban J connectivity index is 2.22. The van der Waals surface area contributed by atoms with E-state index >= 15 is 0 Å². The quantitative estimate of drug-likeness (QED) is 0.375. The third-order valence-corrected chi connectivity index (χ3v) is 3.92. The van der Waals surface area contributed by atoms with Crippen LogP contribution in [0.5, 0.6) is 0 Å². The molecular formula is C19H27N3O7. The lowest BCUT2D eigenvalue weighted by atomic mass is 10.2. The molecule has 0 bridgehead atoms. The van der Waals surface area contributed by atoms with Crippen molar-refractivity contribution in [1.82, 2.24) is 15.3 Å². The van der Waals surface area contributed by atoms with Crippen LogP contribution < -0.4 is 5.32 Å². The highest BCUT2D eigenvalue weighted by Crippen LogP contribution is 2.31. The van der Waals surface area contributed by atoms with Gasteiger partial charge >= 0.3 is 18.0 Å². The second kappa shape index (κ2) is 9.08. The number of hydrazine groups is 1. The van der Waals surface area contributed by atoms with Crippen LogP contribution in [-0.2, 0) is 28.6 Å². The van der Waals surface area contributed by atoms with Gasteiger partial charge in [-0.25, -0.2) is 24.4 Å². The van der Waals surface area contributed by atoms with Crippen molar-refractivity contribution in [3.63, 3.8) is 0 Å². The van der Waals surface area contributed by atoms with E-state index < -0.39 is 35.6 Å². The fraction of sp³-hybridized carbons (Fsp3) is 0.579. The summed E-state index contributed by atoms with van der Waals surface area (Å²) in [4.78, 5) is 49.8. The highest BCUT2D eigenvalue weighted by atomic mass is 16.6. The van der Waals surface area contributed by atoms with Gasteiger partial charge in [0.05, 0.1) is 18.7 Å². The minimum Gasteiger partial charge on any atom is -0.462 e. The van der Waals surface area contributed by atoms with Crippen LogP contribution in [0.15, 0.2) is 23.9 Å². The molecule has 1 saturated heterocycles. The topological polar surface area (TPSA) is 114 Å². The van der Waals surface area contributed by atoms with Crippen LogP contribution >= 0.6 is 0 Å². The van der Waals surface area contributed by atoms with Gasteiger partial charge in [-0.3, -0.25) is 4.79 Å². The van der Waals surface area contributed by atoms with E-state index in [1.54, 1.807) is 20.8 Å². The Morgan fingerprint density at radius 1 is 1.24 bits per heavy atom. The number of nitrogens with one attached hydrogen (secondary N) is 1. The second-order valence-corrected chi connectivity index (χ2v) is 7.55. The molecule has 0 aromatic rings. The summed E-state index contributed by atoms with van der Waals surface area (Å²) in [5.41, 5.74) is -0.888. The Morgan fingerprint density at radius 3 is 2.52 bits per heavy atom. The molecular weight excluding hydrogens is 382 g/mol. The number of nitrogens with zero attached hydrogens (tertiary/aromatic N) is 2. The summed E-state index contributed by atoms with van der Waals surface area (Å²) in [5, 5.41) is 5.04. The Morgan fingerprint density at radius 2 is 1.93 bits per heavy atom. The number of hydrogen-bond acceptors (Lipinski definition) is 8. The largest absolute Gasteiger partial charge is 0.462 e. The lowest BCUT2D eigenvalue weighted by Crippen LogP contribution is -2.45. The third kappa shape index (κ3) is 5.35. The number of alkyl carbamates (subject to hydrolysis) is 1. The molecule has 0 saturated carbocycles. The molecule has 0 aliphatic carbocycles. The molecule has 2 aliphatic heterocycles. The van der Waals surface area contributed by atoms with Gasteiger partial charge in [-0.1, -0.05) is 19.6 Å². The van der Waals surface area contributed by atoms with Gasteiger partial charge < -0.3 is 19.5 Å². The van der Waals surface area contributed by atoms with Crippen molar-refractivity contribution in [1.29, 1.82) is 0 Å². The highest BCUT2D eigenvalue weighted by Gasteiger charge is 2.50. The Labute approximate surface area is 169 Å². The molecule has 10 heteroatoms. The van der Waals surface area contributed by atoms with Crippen molar-refractivity contribution in [2.75, 3.05) is 26.3 Å². The van der Waals surface area contributed by atoms with Gasteiger partial charge in [-0.15, -0.1) is 0 Å². The van der Waals surface area contributed by atoms with Crippen molar-refractivity contribution in [3.05, 3.63) is 23.9 Å². The van der Waals surface area contributed by atoms with Gasteiger partial charge in [0.2, 0.25) is 0 Å². The predicted octanol–water partition coefficient (Wildman–Crippen LogP) is 0.889. The van der Waals surface area contributed by atoms with Crippen LogP contribution in [0.3, 0.4) is 0 Å². The standard InChI is InChI=1S/C19H27N3O7/c1-6-8-27-16(24)12-10-21-11-13(20-18(26)29-19(3,4)5)15(23)22(21)14(12)17(25)28-9-7-2/h7,13H,2,6,8-11H2,1,3-5H3,(H,20,26)/t13-/m0/s1. The first-order valence-electron chi connectivity index (χ1n) is 9.35. The highest BCUT2D eigenvalue weighted by molar-refractivity contribution is 6.05. The smallest absolute Gasteiger partial charge is 0.408 e. The number of ether oxygens (including phenoxy) is 3. The summed E-state index contributed by atoms with van der Waals surface area (Å²) >= 11 is 0. The van der Waals surface area contributed by atoms with E-state index in [1.165, 1.54) is 11.1 Å². The van der Waals surface area contributed by atoms with E-state index in [0.29, 0.717) is 6.42 Å². The summed E-state index contributed by atoms with van der Waals surface area (Å²) in [6.07, 6.45) is 1.24. The van der Waals surface area contributed by atoms with Crippen LogP contribution in [0.2, 0.25) is 0 Å². The first-order chi connectivity index (χ1) is 13.6. The van der Waals surface area contributed by atoms with Crippen molar-refractivity contribution < 1.29 is 33.4 Å². The maximum atomic E-state index is 12.9. The third-order valence-electron chi connectivity index (χ3n) is 3.92. The van der Waals surface area contributed by atoms with Gasteiger partial charge in [-0.2, -0.15) is 0 Å². The average molecular weight is 409 g/mol. The molecule has 0 unspecified atom stereocenters. The van der Waals surface area contributed by atoms with Gasteiger partial charge in [-0.05, 0) is 27.2 Å². The van der Waals surface area contributed by atoms with Gasteiger partial charge in [0.1, 0.15) is 18.2 Å². The normalized spacial score (nSPS) is 19.1. The molecule has 2 amide bonds. The van der Waals surface area contributed by atoms with Crippen molar-refractivity contribution in [3.8, 4) is 0 Å². The number of fused-ring (bicyclic) bond motifs is 1. The molecule has 0 spiro atoms. The predicted molar refractivity (Wildman–Crippen MR) is 101 cm³/mol. The molecule has 2 heterocycles. The molecule has 10 nitrogen and oxygen atoms in total. The summed E-state index contributed by atoms with van der Waals surface area (Å²) in [5.74, 6) is -2.10. The first-order valence-corrected chi connectivity index (χ1v) is 9.35. The lowest BCUT2D eigenvalue weighted by Gasteiger charge is -2.21. The van der Waals surface area contributed by atoms with E-state index in [2.05, 4.69) is 11.9 Å². The van der Waals surface area contributed by atoms with E-state index in [9.17, 15) is 19.2 Å². The Bertz CT molecular complexity index is 739. The minimum atomic E-state index is -0.930. The van der Waals surface area contributed by atoms with Crippen molar-refractivity contribution in [2.24, 2.45) is 0 Å². The summed E-state index contributed by atoms with van der Waals surface area (Å²) in [6, 6.07) is -0.930. The molecule has 0 aromatic carbocycles. The SMILES string of the molecule is C=CCOC(=O)C1=C(C(=O)OCCC)CN2C[C@H](NC(=O)OC(C)(C)C)C(=O)N12. The zero-order chi connectivity index (χ0) is 21.8. The number of esters is 2. The molecule has 1 fully saturated rings. The van der Waals surface area contributed by atoms with E-state index in [0.717, 1.165) is 5.01 Å². The fourth-order valence-electron chi connectivity index (χ4n) is 2.84. The molecule has 0 aromatic heterocycles. The van der Waals surface area contributed by atoms with Crippen molar-refractivity contribution >= 4 is 23.9 Å². The van der Waals surface area contributed by atoms with Crippen LogP contribution in [0.4, 0.5) is 4.79 Å². The number of carbonyl (C=O) groups excluding carboxylic acids is 4. The molecule has 1 N–H and O–H groups in total. The maximum Gasteiger partial charge on any atom is 0.408 e. The van der Waals surface area contributed by atoms with Crippen LogP contribution in [0, 0.1) is 0 Å². The Hall–Kier alpha value is -2.88. The zero-order valence-corrected chi connectivity index (χ0v) is 17.1. The van der Waals surface area contributed by atoms with Gasteiger partial charge in [0, 0.05) is 6.54 Å². The van der Waals surface area contributed by atoms with Gasteiger partial charge in [0.15, 0.2) is 5.70 Å². The molecule has 2 aliphatic rings. The lowest BCUT2D eigenvalue weighted by molar-refractivity contribution is -0.146. The van der Waals surface area contributed by atoms with E-state index in [1.807, 2.05) is 6.92 Å². The number of rotatable bonds is 7. The van der Waals surface area contributed by atoms with Crippen LogP contribution in [0.25, 0.3) is 0 Å². The number of carbonyl (C=O) groups is 4. The maximum absolute atomic E-state index is 12.9. The number of amides is 2. The molecule has 1 atom stereocenters. The van der Waals surface area contributed by atoms with Crippen LogP contribution in [-0.4, -0.2) is 71.9 Å². The monoisotopic (exact) mass is 409 g/mol. The van der Waals surface area contributed by atoms with E-state index in [4.69, 9.17) is 14.2 Å². The number of hydrogen-bond donors (Lipinski definition) is 1. The second-order valence-electron chi connectivity index (χ2n) is 7.55.